The Kier molecular flexibility index (Phi) is 5.14. The number of carbonyl (C=O) groups is 1. The normalized spacial score (nSPS) is 10.5. The molecule has 0 radical (unpaired) electrons. The number of aryl methyl sites for hydroxylation is 2. The van der Waals surface area contributed by atoms with Crippen molar-refractivity contribution in [2.24, 2.45) is 0 Å². The smallest absolute Gasteiger partial charge is 0.230 e. The predicted molar refractivity (Wildman–Crippen MR) is 98.5 cm³/mol. The van der Waals surface area contributed by atoms with E-state index in [0.717, 1.165) is 11.4 Å². The summed E-state index contributed by atoms with van der Waals surface area (Å²) in [7, 11) is 0. The van der Waals surface area contributed by atoms with E-state index in [1.54, 1.807) is 13.0 Å². The lowest BCUT2D eigenvalue weighted by atomic mass is 10.1. The molecule has 0 atom stereocenters. The van der Waals surface area contributed by atoms with Gasteiger partial charge in [0.15, 0.2) is 0 Å². The number of rotatable bonds is 6. The highest BCUT2D eigenvalue weighted by molar-refractivity contribution is 5.95. The number of nitrogens with zero attached hydrogens (tertiary/aromatic N) is 1. The Bertz CT molecular complexity index is 871. The van der Waals surface area contributed by atoms with Crippen molar-refractivity contribution in [3.63, 3.8) is 0 Å². The van der Waals surface area contributed by atoms with Crippen molar-refractivity contribution in [3.8, 4) is 0 Å². The van der Waals surface area contributed by atoms with Gasteiger partial charge in [0.2, 0.25) is 5.91 Å². The van der Waals surface area contributed by atoms with Gasteiger partial charge < -0.3 is 15.2 Å². The fourth-order valence-corrected chi connectivity index (χ4v) is 2.61. The van der Waals surface area contributed by atoms with Crippen LogP contribution in [0.1, 0.15) is 22.6 Å². The summed E-state index contributed by atoms with van der Waals surface area (Å²) in [6, 6.07) is 17.7. The van der Waals surface area contributed by atoms with Gasteiger partial charge in [0, 0.05) is 12.6 Å². The molecule has 0 aliphatic rings. The van der Waals surface area contributed by atoms with Gasteiger partial charge in [0.25, 0.3) is 0 Å². The Hall–Kier alpha value is -3.08. The van der Waals surface area contributed by atoms with Gasteiger partial charge in [-0.05, 0) is 37.1 Å². The molecule has 5 nitrogen and oxygen atoms in total. The fraction of sp³-hybridized carbons (Fsp3) is 0.200. The summed E-state index contributed by atoms with van der Waals surface area (Å²) in [5, 5.41) is 10.2. The van der Waals surface area contributed by atoms with Crippen LogP contribution in [0.3, 0.4) is 0 Å². The van der Waals surface area contributed by atoms with Crippen LogP contribution < -0.4 is 10.6 Å². The van der Waals surface area contributed by atoms with Gasteiger partial charge in [0.05, 0.1) is 23.5 Å². The largest absolute Gasteiger partial charge is 0.379 e. The standard InChI is InChI=1S/C20H21N3O2/c1-14-7-3-4-8-16(14)13-21-18-9-5-6-10-19(18)22-20(24)12-17-11-15(2)25-23-17/h3-11,21H,12-13H2,1-2H3,(H,22,24). The molecule has 0 bridgehead atoms. The summed E-state index contributed by atoms with van der Waals surface area (Å²) in [5.41, 5.74) is 4.72. The molecule has 2 aromatic carbocycles. The van der Waals surface area contributed by atoms with Crippen LogP contribution in [0.25, 0.3) is 0 Å². The summed E-state index contributed by atoms with van der Waals surface area (Å²) in [6.07, 6.45) is 0.184. The minimum absolute atomic E-state index is 0.126. The summed E-state index contributed by atoms with van der Waals surface area (Å²) in [6.45, 7) is 4.59. The quantitative estimate of drug-likeness (QED) is 0.712. The zero-order valence-electron chi connectivity index (χ0n) is 14.4. The van der Waals surface area contributed by atoms with E-state index in [1.807, 2.05) is 36.4 Å². The van der Waals surface area contributed by atoms with Gasteiger partial charge in [-0.15, -0.1) is 0 Å². The first-order valence-corrected chi connectivity index (χ1v) is 8.21. The topological polar surface area (TPSA) is 67.2 Å². The molecular weight excluding hydrogens is 314 g/mol. The molecular formula is C20H21N3O2. The second-order valence-corrected chi connectivity index (χ2v) is 5.98. The average molecular weight is 335 g/mol. The molecule has 1 amide bonds. The van der Waals surface area contributed by atoms with Gasteiger partial charge in [-0.1, -0.05) is 41.6 Å². The SMILES string of the molecule is Cc1cc(CC(=O)Nc2ccccc2NCc2ccccc2C)no1. The van der Waals surface area contributed by atoms with Gasteiger partial charge >= 0.3 is 0 Å². The summed E-state index contributed by atoms with van der Waals surface area (Å²) >= 11 is 0. The molecule has 1 aromatic heterocycles. The zero-order chi connectivity index (χ0) is 17.6. The van der Waals surface area contributed by atoms with Crippen LogP contribution in [0.5, 0.6) is 0 Å². The number of hydrogen-bond acceptors (Lipinski definition) is 4. The first-order chi connectivity index (χ1) is 12.1. The van der Waals surface area contributed by atoms with E-state index in [-0.39, 0.29) is 12.3 Å². The van der Waals surface area contributed by atoms with E-state index >= 15 is 0 Å². The molecule has 3 aromatic rings. The molecule has 5 heteroatoms. The highest BCUT2D eigenvalue weighted by atomic mass is 16.5. The van der Waals surface area contributed by atoms with Gasteiger partial charge in [-0.25, -0.2) is 0 Å². The molecule has 128 valence electrons. The number of carbonyl (C=O) groups excluding carboxylic acids is 1. The number of aromatic nitrogens is 1. The Morgan fingerprint density at radius 1 is 1.04 bits per heavy atom. The monoisotopic (exact) mass is 335 g/mol. The number of para-hydroxylation sites is 2. The summed E-state index contributed by atoms with van der Waals surface area (Å²) in [4.78, 5) is 12.3. The number of anilines is 2. The number of benzene rings is 2. The molecule has 0 fully saturated rings. The Morgan fingerprint density at radius 2 is 1.76 bits per heavy atom. The van der Waals surface area contributed by atoms with Crippen LogP contribution in [0, 0.1) is 13.8 Å². The van der Waals surface area contributed by atoms with E-state index in [0.29, 0.717) is 18.0 Å². The molecule has 3 rings (SSSR count). The van der Waals surface area contributed by atoms with E-state index in [4.69, 9.17) is 4.52 Å². The van der Waals surface area contributed by atoms with Crippen molar-refractivity contribution in [2.45, 2.75) is 26.8 Å². The van der Waals surface area contributed by atoms with Crippen molar-refractivity contribution < 1.29 is 9.32 Å². The second kappa shape index (κ2) is 7.66. The fourth-order valence-electron chi connectivity index (χ4n) is 2.61. The van der Waals surface area contributed by atoms with Gasteiger partial charge in [-0.2, -0.15) is 0 Å². The van der Waals surface area contributed by atoms with Crippen LogP contribution in [-0.2, 0) is 17.8 Å². The van der Waals surface area contributed by atoms with E-state index in [1.165, 1.54) is 11.1 Å². The lowest BCUT2D eigenvalue weighted by Crippen LogP contribution is -2.16. The van der Waals surface area contributed by atoms with Gasteiger partial charge in [-0.3, -0.25) is 4.79 Å². The Labute approximate surface area is 147 Å². The molecule has 0 saturated carbocycles. The first-order valence-electron chi connectivity index (χ1n) is 8.21. The third-order valence-corrected chi connectivity index (χ3v) is 3.95. The van der Waals surface area contributed by atoms with Crippen LogP contribution in [0.4, 0.5) is 11.4 Å². The van der Waals surface area contributed by atoms with Crippen LogP contribution in [0.15, 0.2) is 59.1 Å². The highest BCUT2D eigenvalue weighted by Gasteiger charge is 2.10. The number of amides is 1. The minimum Gasteiger partial charge on any atom is -0.379 e. The van der Waals surface area contributed by atoms with Crippen molar-refractivity contribution in [3.05, 3.63) is 77.2 Å². The second-order valence-electron chi connectivity index (χ2n) is 5.98. The highest BCUT2D eigenvalue weighted by Crippen LogP contribution is 2.22. The number of nitrogens with one attached hydrogen (secondary N) is 2. The van der Waals surface area contributed by atoms with Crippen LogP contribution in [-0.4, -0.2) is 11.1 Å². The van der Waals surface area contributed by atoms with E-state index < -0.39 is 0 Å². The van der Waals surface area contributed by atoms with Crippen molar-refractivity contribution in [1.29, 1.82) is 0 Å². The molecule has 0 unspecified atom stereocenters. The maximum atomic E-state index is 12.3. The minimum atomic E-state index is -0.126. The maximum Gasteiger partial charge on any atom is 0.230 e. The molecule has 25 heavy (non-hydrogen) atoms. The van der Waals surface area contributed by atoms with Crippen LogP contribution >= 0.6 is 0 Å². The number of hydrogen-bond donors (Lipinski definition) is 2. The van der Waals surface area contributed by atoms with Crippen molar-refractivity contribution in [1.82, 2.24) is 5.16 Å². The molecule has 0 aliphatic heterocycles. The predicted octanol–water partition coefficient (Wildman–Crippen LogP) is 4.08. The molecule has 0 spiro atoms. The van der Waals surface area contributed by atoms with Crippen molar-refractivity contribution in [2.75, 3.05) is 10.6 Å². The van der Waals surface area contributed by atoms with Gasteiger partial charge in [0.1, 0.15) is 5.76 Å². The first kappa shape index (κ1) is 16.8. The molecule has 2 N–H and O–H groups in total. The Morgan fingerprint density at radius 3 is 2.48 bits per heavy atom. The lowest BCUT2D eigenvalue weighted by Gasteiger charge is -2.14. The summed E-state index contributed by atoms with van der Waals surface area (Å²) in [5.74, 6) is 0.571. The lowest BCUT2D eigenvalue weighted by molar-refractivity contribution is -0.115. The third-order valence-electron chi connectivity index (χ3n) is 3.95. The molecule has 0 aliphatic carbocycles. The van der Waals surface area contributed by atoms with E-state index in [2.05, 4.69) is 34.8 Å². The zero-order valence-corrected chi connectivity index (χ0v) is 14.4. The maximum absolute atomic E-state index is 12.3. The van der Waals surface area contributed by atoms with Crippen LogP contribution in [0.2, 0.25) is 0 Å². The molecule has 0 saturated heterocycles. The van der Waals surface area contributed by atoms with Crippen molar-refractivity contribution >= 4 is 17.3 Å². The third kappa shape index (κ3) is 4.47. The van der Waals surface area contributed by atoms with E-state index in [9.17, 15) is 4.79 Å². The average Bonchev–Trinajstić information content (AvgIpc) is 3.00. The molecule has 1 heterocycles. The summed E-state index contributed by atoms with van der Waals surface area (Å²) < 4.78 is 5.00. The Balaban J connectivity index is 1.66.